The lowest BCUT2D eigenvalue weighted by molar-refractivity contribution is -0.384. The van der Waals surface area contributed by atoms with E-state index >= 15 is 0 Å². The third kappa shape index (κ3) is 4.70. The molecular weight excluding hydrogens is 305 g/mol. The number of non-ortho nitro benzene ring substituents is 1. The second kappa shape index (κ2) is 7.98. The summed E-state index contributed by atoms with van der Waals surface area (Å²) in [6, 6.07) is 3.07. The number of nitro benzene ring substituents is 1. The lowest BCUT2D eigenvalue weighted by Crippen LogP contribution is -2.43. The van der Waals surface area contributed by atoms with Crippen molar-refractivity contribution in [1.82, 2.24) is 4.90 Å². The van der Waals surface area contributed by atoms with E-state index in [-0.39, 0.29) is 30.4 Å². The third-order valence-corrected chi connectivity index (χ3v) is 4.02. The van der Waals surface area contributed by atoms with Crippen LogP contribution in [-0.4, -0.2) is 46.6 Å². The Morgan fingerprint density at radius 2 is 2.26 bits per heavy atom. The quantitative estimate of drug-likeness (QED) is 0.615. The number of aliphatic hydroxyl groups excluding tert-OH is 1. The summed E-state index contributed by atoms with van der Waals surface area (Å²) in [5.41, 5.74) is -0.473. The van der Waals surface area contributed by atoms with Gasteiger partial charge in [0, 0.05) is 31.1 Å². The Morgan fingerprint density at radius 1 is 1.48 bits per heavy atom. The van der Waals surface area contributed by atoms with E-state index in [1.807, 2.05) is 4.90 Å². The van der Waals surface area contributed by atoms with Crippen molar-refractivity contribution >= 4 is 17.3 Å². The van der Waals surface area contributed by atoms with E-state index in [0.717, 1.165) is 44.0 Å². The number of hydrogen-bond acceptors (Lipinski definition) is 5. The topological polar surface area (TPSA) is 95.7 Å². The summed E-state index contributed by atoms with van der Waals surface area (Å²) in [5.74, 6) is -1.12. The van der Waals surface area contributed by atoms with E-state index in [4.69, 9.17) is 0 Å². The maximum absolute atomic E-state index is 13.6. The predicted molar refractivity (Wildman–Crippen MR) is 82.6 cm³/mol. The number of hydrogen-bond donors (Lipinski definition) is 2. The first kappa shape index (κ1) is 17.3. The maximum atomic E-state index is 13.6. The molecule has 8 heteroatoms. The molecule has 0 aliphatic carbocycles. The average Bonchev–Trinajstić information content (AvgIpc) is 2.55. The van der Waals surface area contributed by atoms with Crippen LogP contribution in [-0.2, 0) is 4.79 Å². The van der Waals surface area contributed by atoms with Gasteiger partial charge in [0.2, 0.25) is 5.91 Å². The summed E-state index contributed by atoms with van der Waals surface area (Å²) in [4.78, 5) is 24.0. The lowest BCUT2D eigenvalue weighted by atomic mass is 10.0. The molecule has 7 nitrogen and oxygen atoms in total. The Kier molecular flexibility index (Phi) is 6.00. The number of carbonyl (C=O) groups excluding carboxylic acids is 1. The molecule has 23 heavy (non-hydrogen) atoms. The molecule has 0 spiro atoms. The van der Waals surface area contributed by atoms with Crippen LogP contribution in [0.3, 0.4) is 0 Å². The van der Waals surface area contributed by atoms with Crippen LogP contribution in [0.25, 0.3) is 0 Å². The number of anilines is 1. The molecule has 1 aliphatic rings. The highest BCUT2D eigenvalue weighted by Crippen LogP contribution is 2.22. The fourth-order valence-corrected chi connectivity index (χ4v) is 2.74. The molecule has 1 heterocycles. The van der Waals surface area contributed by atoms with Crippen molar-refractivity contribution in [3.05, 3.63) is 34.1 Å². The fraction of sp³-hybridized carbons (Fsp3) is 0.533. The summed E-state index contributed by atoms with van der Waals surface area (Å²) < 4.78 is 13.6. The maximum Gasteiger partial charge on any atom is 0.271 e. The highest BCUT2D eigenvalue weighted by molar-refractivity contribution is 5.91. The van der Waals surface area contributed by atoms with E-state index in [0.29, 0.717) is 6.54 Å². The van der Waals surface area contributed by atoms with Crippen molar-refractivity contribution in [2.75, 3.05) is 25.0 Å². The minimum atomic E-state index is -0.713. The first-order valence-electron chi connectivity index (χ1n) is 7.60. The van der Waals surface area contributed by atoms with Crippen molar-refractivity contribution < 1.29 is 19.2 Å². The van der Waals surface area contributed by atoms with Crippen LogP contribution >= 0.6 is 0 Å². The molecular formula is C15H20FN3O4. The first-order valence-corrected chi connectivity index (χ1v) is 7.60. The van der Waals surface area contributed by atoms with Crippen LogP contribution in [0.5, 0.6) is 0 Å². The van der Waals surface area contributed by atoms with Crippen molar-refractivity contribution in [1.29, 1.82) is 0 Å². The summed E-state index contributed by atoms with van der Waals surface area (Å²) in [6.45, 7) is 1.35. The Balaban J connectivity index is 1.92. The minimum absolute atomic E-state index is 0.0567. The molecule has 0 bridgehead atoms. The Morgan fingerprint density at radius 3 is 2.96 bits per heavy atom. The van der Waals surface area contributed by atoms with E-state index in [1.54, 1.807) is 0 Å². The average molecular weight is 325 g/mol. The molecule has 1 amide bonds. The molecule has 1 aromatic carbocycles. The van der Waals surface area contributed by atoms with Crippen molar-refractivity contribution in [3.8, 4) is 0 Å². The Bertz CT molecular complexity index is 582. The lowest BCUT2D eigenvalue weighted by Gasteiger charge is -2.34. The van der Waals surface area contributed by atoms with Crippen LogP contribution in [0, 0.1) is 15.9 Å². The highest BCUT2D eigenvalue weighted by atomic mass is 19.1. The van der Waals surface area contributed by atoms with Gasteiger partial charge in [-0.1, -0.05) is 6.42 Å². The summed E-state index contributed by atoms with van der Waals surface area (Å²) in [6.07, 6.45) is 3.13. The minimum Gasteiger partial charge on any atom is -0.395 e. The number of amides is 1. The van der Waals surface area contributed by atoms with Crippen molar-refractivity contribution in [3.63, 3.8) is 0 Å². The number of aliphatic hydroxyl groups is 1. The summed E-state index contributed by atoms with van der Waals surface area (Å²) in [5, 5.41) is 22.4. The van der Waals surface area contributed by atoms with Gasteiger partial charge >= 0.3 is 0 Å². The van der Waals surface area contributed by atoms with Gasteiger partial charge in [0.25, 0.3) is 5.69 Å². The number of halogens is 1. The van der Waals surface area contributed by atoms with E-state index < -0.39 is 16.6 Å². The number of likely N-dealkylation sites (tertiary alicyclic amines) is 1. The van der Waals surface area contributed by atoms with Gasteiger partial charge in [0.1, 0.15) is 5.82 Å². The Labute approximate surface area is 133 Å². The molecule has 1 aromatic rings. The number of benzene rings is 1. The number of nitrogens with one attached hydrogen (secondary N) is 1. The molecule has 126 valence electrons. The molecule has 0 aromatic heterocycles. The number of nitro groups is 1. The van der Waals surface area contributed by atoms with Crippen LogP contribution in [0.4, 0.5) is 15.8 Å². The van der Waals surface area contributed by atoms with E-state index in [2.05, 4.69) is 5.32 Å². The van der Waals surface area contributed by atoms with E-state index in [9.17, 15) is 24.4 Å². The smallest absolute Gasteiger partial charge is 0.271 e. The van der Waals surface area contributed by atoms with Crippen LogP contribution in [0.1, 0.15) is 25.7 Å². The zero-order chi connectivity index (χ0) is 16.8. The molecule has 1 saturated heterocycles. The van der Waals surface area contributed by atoms with E-state index in [1.165, 1.54) is 0 Å². The zero-order valence-electron chi connectivity index (χ0n) is 12.7. The summed E-state index contributed by atoms with van der Waals surface area (Å²) in [7, 11) is 0. The van der Waals surface area contributed by atoms with Gasteiger partial charge in [0.05, 0.1) is 17.2 Å². The SMILES string of the molecule is O=C(CCN1CCCC[C@@H]1CO)Nc1cc([N+](=O)[O-])ccc1F. The van der Waals surface area contributed by atoms with Gasteiger partial charge in [0.15, 0.2) is 0 Å². The third-order valence-electron chi connectivity index (χ3n) is 4.02. The standard InChI is InChI=1S/C15H20FN3O4/c16-13-5-4-11(19(22)23)9-14(13)17-15(21)6-8-18-7-2-1-3-12(18)10-20/h4-5,9,12,20H,1-3,6-8,10H2,(H,17,21)/t12-/m1/s1. The van der Waals surface area contributed by atoms with Gasteiger partial charge in [-0.05, 0) is 25.5 Å². The normalized spacial score (nSPS) is 18.6. The molecule has 0 radical (unpaired) electrons. The molecule has 1 atom stereocenters. The molecule has 1 aliphatic heterocycles. The summed E-state index contributed by atoms with van der Waals surface area (Å²) >= 11 is 0. The molecule has 2 N–H and O–H groups in total. The predicted octanol–water partition coefficient (Wildman–Crippen LogP) is 1.91. The van der Waals surface area contributed by atoms with Gasteiger partial charge in [-0.2, -0.15) is 0 Å². The van der Waals surface area contributed by atoms with Crippen LogP contribution in [0.15, 0.2) is 18.2 Å². The van der Waals surface area contributed by atoms with Gasteiger partial charge in [-0.3, -0.25) is 19.8 Å². The monoisotopic (exact) mass is 325 g/mol. The number of rotatable bonds is 6. The number of carbonyl (C=O) groups is 1. The van der Waals surface area contributed by atoms with Crippen molar-refractivity contribution in [2.24, 2.45) is 0 Å². The number of nitrogens with zero attached hydrogens (tertiary/aromatic N) is 2. The molecule has 0 saturated carbocycles. The second-order valence-electron chi connectivity index (χ2n) is 5.59. The zero-order valence-corrected chi connectivity index (χ0v) is 12.7. The van der Waals surface area contributed by atoms with Gasteiger partial charge in [-0.15, -0.1) is 0 Å². The first-order chi connectivity index (χ1) is 11.0. The number of piperidine rings is 1. The molecule has 2 rings (SSSR count). The fourth-order valence-electron chi connectivity index (χ4n) is 2.74. The Hall–Kier alpha value is -2.06. The second-order valence-corrected chi connectivity index (χ2v) is 5.59. The van der Waals surface area contributed by atoms with Crippen LogP contribution < -0.4 is 5.32 Å². The largest absolute Gasteiger partial charge is 0.395 e. The van der Waals surface area contributed by atoms with Gasteiger partial charge < -0.3 is 10.4 Å². The molecule has 1 fully saturated rings. The molecule has 0 unspecified atom stereocenters. The van der Waals surface area contributed by atoms with Crippen LogP contribution in [0.2, 0.25) is 0 Å². The highest BCUT2D eigenvalue weighted by Gasteiger charge is 2.22. The van der Waals surface area contributed by atoms with Crippen molar-refractivity contribution in [2.45, 2.75) is 31.7 Å². The van der Waals surface area contributed by atoms with Gasteiger partial charge in [-0.25, -0.2) is 4.39 Å².